The predicted molar refractivity (Wildman–Crippen MR) is 106 cm³/mol. The third-order valence-corrected chi connectivity index (χ3v) is 6.91. The molecule has 0 spiro atoms. The average molecular weight is 404 g/mol. The van der Waals surface area contributed by atoms with Crippen LogP contribution in [0.2, 0.25) is 0 Å². The highest BCUT2D eigenvalue weighted by Crippen LogP contribution is 2.28. The molecule has 0 aromatic heterocycles. The van der Waals surface area contributed by atoms with E-state index in [2.05, 4.69) is 0 Å². The van der Waals surface area contributed by atoms with Crippen LogP contribution in [0.25, 0.3) is 0 Å². The van der Waals surface area contributed by atoms with Crippen LogP contribution in [0.3, 0.4) is 0 Å². The van der Waals surface area contributed by atoms with Crippen LogP contribution < -0.4 is 9.47 Å². The number of hydrogen-bond acceptors (Lipinski definition) is 5. The highest BCUT2D eigenvalue weighted by molar-refractivity contribution is 7.89. The van der Waals surface area contributed by atoms with Gasteiger partial charge in [0.2, 0.25) is 10.0 Å². The summed E-state index contributed by atoms with van der Waals surface area (Å²) in [6.07, 6.45) is 1.22. The molecule has 2 aromatic rings. The number of para-hydroxylation sites is 1. The first-order chi connectivity index (χ1) is 13.3. The van der Waals surface area contributed by atoms with E-state index in [9.17, 15) is 13.2 Å². The lowest BCUT2D eigenvalue weighted by atomic mass is 10.00. The summed E-state index contributed by atoms with van der Waals surface area (Å²) in [5.74, 6) is 0.281. The molecule has 1 aliphatic rings. The lowest BCUT2D eigenvalue weighted by molar-refractivity contribution is -0.140. The molecule has 0 saturated carbocycles. The maximum absolute atomic E-state index is 13.0. The van der Waals surface area contributed by atoms with Gasteiger partial charge < -0.3 is 9.47 Å². The zero-order valence-electron chi connectivity index (χ0n) is 16.3. The van der Waals surface area contributed by atoms with E-state index in [1.165, 1.54) is 23.5 Å². The van der Waals surface area contributed by atoms with Gasteiger partial charge in [-0.15, -0.1) is 0 Å². The molecular weight excluding hydrogens is 378 g/mol. The molecule has 0 bridgehead atoms. The number of methoxy groups -OCH3 is 1. The number of benzene rings is 2. The van der Waals surface area contributed by atoms with Crippen LogP contribution >= 0.6 is 0 Å². The van der Waals surface area contributed by atoms with Crippen molar-refractivity contribution in [1.82, 2.24) is 4.31 Å². The van der Waals surface area contributed by atoms with Crippen molar-refractivity contribution in [1.29, 1.82) is 0 Å². The van der Waals surface area contributed by atoms with Gasteiger partial charge in [-0.1, -0.05) is 18.2 Å². The van der Waals surface area contributed by atoms with Gasteiger partial charge in [-0.3, -0.25) is 4.79 Å². The number of ether oxygens (including phenoxy) is 2. The van der Waals surface area contributed by atoms with Crippen molar-refractivity contribution in [2.75, 3.05) is 20.2 Å². The van der Waals surface area contributed by atoms with Gasteiger partial charge in [0, 0.05) is 13.1 Å². The molecule has 1 atom stereocenters. The Morgan fingerprint density at radius 3 is 2.32 bits per heavy atom. The molecule has 0 N–H and O–H groups in total. The number of esters is 1. The molecule has 0 amide bonds. The number of rotatable bonds is 5. The zero-order valence-corrected chi connectivity index (χ0v) is 17.2. The summed E-state index contributed by atoms with van der Waals surface area (Å²) in [6, 6.07) is 12.0. The van der Waals surface area contributed by atoms with Gasteiger partial charge >= 0.3 is 5.97 Å². The third-order valence-electron chi connectivity index (χ3n) is 5.03. The number of sulfonamides is 1. The molecule has 7 heteroatoms. The van der Waals surface area contributed by atoms with Gasteiger partial charge in [0.05, 0.1) is 17.9 Å². The number of carbonyl (C=O) groups excluding carboxylic acids is 1. The number of carbonyl (C=O) groups is 1. The predicted octanol–water partition coefficient (Wildman–Crippen LogP) is 3.32. The average Bonchev–Trinajstić information content (AvgIpc) is 2.71. The molecule has 3 rings (SSSR count). The fraction of sp³-hybridized carbons (Fsp3) is 0.381. The Morgan fingerprint density at radius 1 is 1.07 bits per heavy atom. The highest BCUT2D eigenvalue weighted by Gasteiger charge is 2.34. The number of nitrogens with zero attached hydrogens (tertiary/aromatic N) is 1. The first kappa shape index (κ1) is 20.4. The van der Waals surface area contributed by atoms with Crippen molar-refractivity contribution in [3.8, 4) is 11.5 Å². The molecule has 1 fully saturated rings. The van der Waals surface area contributed by atoms with E-state index in [1.807, 2.05) is 32.0 Å². The maximum atomic E-state index is 13.0. The van der Waals surface area contributed by atoms with Crippen LogP contribution in [0.15, 0.2) is 47.4 Å². The van der Waals surface area contributed by atoms with Crippen LogP contribution in [-0.2, 0) is 14.8 Å². The molecular formula is C21H25NO5S. The monoisotopic (exact) mass is 403 g/mol. The molecule has 6 nitrogen and oxygen atoms in total. The Balaban J connectivity index is 1.75. The van der Waals surface area contributed by atoms with E-state index in [0.717, 1.165) is 11.1 Å². The lowest BCUT2D eigenvalue weighted by Gasteiger charge is -2.31. The minimum absolute atomic E-state index is 0.123. The SMILES string of the molecule is COc1ccc(S(=O)(=O)N2CCCC(C(=O)Oc3c(C)cccc3C)C2)cc1. The van der Waals surface area contributed by atoms with E-state index in [-0.39, 0.29) is 17.4 Å². The first-order valence-corrected chi connectivity index (χ1v) is 10.7. The Bertz CT molecular complexity index is 933. The maximum Gasteiger partial charge on any atom is 0.315 e. The van der Waals surface area contributed by atoms with E-state index in [4.69, 9.17) is 9.47 Å². The molecule has 2 aromatic carbocycles. The summed E-state index contributed by atoms with van der Waals surface area (Å²) in [6.45, 7) is 4.29. The van der Waals surface area contributed by atoms with Crippen molar-refractivity contribution in [2.45, 2.75) is 31.6 Å². The van der Waals surface area contributed by atoms with Crippen molar-refractivity contribution >= 4 is 16.0 Å². The second kappa shape index (κ2) is 8.32. The molecule has 0 aliphatic carbocycles. The molecule has 150 valence electrons. The van der Waals surface area contributed by atoms with E-state index in [1.54, 1.807) is 12.1 Å². The van der Waals surface area contributed by atoms with Gasteiger partial charge in [-0.05, 0) is 62.1 Å². The molecule has 28 heavy (non-hydrogen) atoms. The van der Waals surface area contributed by atoms with Gasteiger partial charge in [0.1, 0.15) is 11.5 Å². The standard InChI is InChI=1S/C21H25NO5S/c1-15-6-4-7-16(2)20(15)27-21(23)17-8-5-13-22(14-17)28(24,25)19-11-9-18(26-3)10-12-19/h4,6-7,9-12,17H,5,8,13-14H2,1-3H3. The van der Waals surface area contributed by atoms with Gasteiger partial charge in [0.15, 0.2) is 0 Å². The van der Waals surface area contributed by atoms with Crippen LogP contribution in [0.1, 0.15) is 24.0 Å². The van der Waals surface area contributed by atoms with Crippen LogP contribution in [-0.4, -0.2) is 38.9 Å². The Morgan fingerprint density at radius 2 is 1.71 bits per heavy atom. The van der Waals surface area contributed by atoms with E-state index >= 15 is 0 Å². The second-order valence-electron chi connectivity index (χ2n) is 7.02. The van der Waals surface area contributed by atoms with Crippen molar-refractivity contribution < 1.29 is 22.7 Å². The topological polar surface area (TPSA) is 72.9 Å². The quantitative estimate of drug-likeness (QED) is 0.566. The Hall–Kier alpha value is -2.38. The molecule has 1 saturated heterocycles. The first-order valence-electron chi connectivity index (χ1n) is 9.25. The largest absolute Gasteiger partial charge is 0.497 e. The fourth-order valence-corrected chi connectivity index (χ4v) is 4.92. The van der Waals surface area contributed by atoms with E-state index < -0.39 is 15.9 Å². The molecule has 1 heterocycles. The molecule has 1 unspecified atom stereocenters. The number of piperidine rings is 1. The van der Waals surface area contributed by atoms with Crippen molar-refractivity contribution in [3.05, 3.63) is 53.6 Å². The van der Waals surface area contributed by atoms with Gasteiger partial charge in [0.25, 0.3) is 0 Å². The summed E-state index contributed by atoms with van der Waals surface area (Å²) in [5, 5.41) is 0. The minimum atomic E-state index is -3.67. The molecule has 1 aliphatic heterocycles. The highest BCUT2D eigenvalue weighted by atomic mass is 32.2. The third kappa shape index (κ3) is 4.20. The zero-order chi connectivity index (χ0) is 20.3. The number of aryl methyl sites for hydroxylation is 2. The van der Waals surface area contributed by atoms with E-state index in [0.29, 0.717) is 30.9 Å². The summed E-state index contributed by atoms with van der Waals surface area (Å²) >= 11 is 0. The Labute approximate surface area is 166 Å². The summed E-state index contributed by atoms with van der Waals surface area (Å²) in [5.41, 5.74) is 1.76. The summed E-state index contributed by atoms with van der Waals surface area (Å²) < 4.78 is 38.0. The Kier molecular flexibility index (Phi) is 6.05. The van der Waals surface area contributed by atoms with Gasteiger partial charge in [-0.2, -0.15) is 4.31 Å². The smallest absolute Gasteiger partial charge is 0.315 e. The number of hydrogen-bond donors (Lipinski definition) is 0. The minimum Gasteiger partial charge on any atom is -0.497 e. The second-order valence-corrected chi connectivity index (χ2v) is 8.96. The normalized spacial score (nSPS) is 17.9. The van der Waals surface area contributed by atoms with Crippen LogP contribution in [0.4, 0.5) is 0 Å². The molecule has 0 radical (unpaired) electrons. The van der Waals surface area contributed by atoms with Crippen LogP contribution in [0, 0.1) is 19.8 Å². The van der Waals surface area contributed by atoms with Crippen molar-refractivity contribution in [3.63, 3.8) is 0 Å². The van der Waals surface area contributed by atoms with Crippen LogP contribution in [0.5, 0.6) is 11.5 Å². The summed E-state index contributed by atoms with van der Waals surface area (Å²) in [4.78, 5) is 12.9. The van der Waals surface area contributed by atoms with Gasteiger partial charge in [-0.25, -0.2) is 8.42 Å². The summed E-state index contributed by atoms with van der Waals surface area (Å²) in [7, 11) is -2.14. The fourth-order valence-electron chi connectivity index (χ4n) is 3.39. The lowest BCUT2D eigenvalue weighted by Crippen LogP contribution is -2.43. The van der Waals surface area contributed by atoms with Crippen molar-refractivity contribution in [2.24, 2.45) is 5.92 Å².